The summed E-state index contributed by atoms with van der Waals surface area (Å²) in [6, 6.07) is 9.18. The van der Waals surface area contributed by atoms with Gasteiger partial charge in [0.25, 0.3) is 5.91 Å². The van der Waals surface area contributed by atoms with E-state index in [1.165, 1.54) is 24.5 Å². The standard InChI is InChI=1S/C18H18FN3O3/c1-2-9-22(18(23)13-5-3-6-14(19)12-13)10-8-16-20-17(21-25-16)15-7-4-11-24-15/h3-7,11-12H,2,8-10H2,1H3. The molecule has 0 aliphatic rings. The monoisotopic (exact) mass is 343 g/mol. The molecule has 0 saturated carbocycles. The van der Waals surface area contributed by atoms with Crippen LogP contribution in [0.1, 0.15) is 29.6 Å². The summed E-state index contributed by atoms with van der Waals surface area (Å²) in [5.41, 5.74) is 0.329. The minimum atomic E-state index is -0.428. The smallest absolute Gasteiger partial charge is 0.253 e. The third-order valence-electron chi connectivity index (χ3n) is 3.66. The average molecular weight is 343 g/mol. The van der Waals surface area contributed by atoms with E-state index in [4.69, 9.17) is 8.94 Å². The Balaban J connectivity index is 1.67. The maximum Gasteiger partial charge on any atom is 0.253 e. The van der Waals surface area contributed by atoms with Gasteiger partial charge in [-0.2, -0.15) is 4.98 Å². The summed E-state index contributed by atoms with van der Waals surface area (Å²) in [6.45, 7) is 2.95. The van der Waals surface area contributed by atoms with E-state index in [-0.39, 0.29) is 5.91 Å². The van der Waals surface area contributed by atoms with Crippen LogP contribution in [-0.4, -0.2) is 34.0 Å². The number of halogens is 1. The Morgan fingerprint density at radius 1 is 1.24 bits per heavy atom. The molecule has 1 aromatic carbocycles. The molecule has 0 N–H and O–H groups in total. The van der Waals surface area contributed by atoms with Crippen molar-refractivity contribution in [3.63, 3.8) is 0 Å². The number of carbonyl (C=O) groups excluding carboxylic acids is 1. The summed E-state index contributed by atoms with van der Waals surface area (Å²) >= 11 is 0. The first kappa shape index (κ1) is 16.9. The van der Waals surface area contributed by atoms with Crippen molar-refractivity contribution in [1.82, 2.24) is 15.0 Å². The lowest BCUT2D eigenvalue weighted by Gasteiger charge is -2.21. The summed E-state index contributed by atoms with van der Waals surface area (Å²) < 4.78 is 23.8. The van der Waals surface area contributed by atoms with Crippen molar-refractivity contribution in [2.75, 3.05) is 13.1 Å². The zero-order chi connectivity index (χ0) is 17.6. The van der Waals surface area contributed by atoms with Crippen LogP contribution in [0.3, 0.4) is 0 Å². The zero-order valence-corrected chi connectivity index (χ0v) is 13.8. The van der Waals surface area contributed by atoms with Crippen molar-refractivity contribution < 1.29 is 18.1 Å². The fourth-order valence-electron chi connectivity index (χ4n) is 2.48. The van der Waals surface area contributed by atoms with E-state index in [1.54, 1.807) is 23.1 Å². The van der Waals surface area contributed by atoms with Crippen molar-refractivity contribution in [3.05, 3.63) is 59.9 Å². The van der Waals surface area contributed by atoms with Crippen molar-refractivity contribution in [2.24, 2.45) is 0 Å². The van der Waals surface area contributed by atoms with Crippen LogP contribution in [0.5, 0.6) is 0 Å². The van der Waals surface area contributed by atoms with Gasteiger partial charge in [0, 0.05) is 25.1 Å². The number of amides is 1. The molecule has 6 nitrogen and oxygen atoms in total. The molecule has 0 aliphatic carbocycles. The first-order chi connectivity index (χ1) is 12.2. The number of nitrogens with zero attached hydrogens (tertiary/aromatic N) is 3. The van der Waals surface area contributed by atoms with Crippen LogP contribution in [0.4, 0.5) is 4.39 Å². The maximum absolute atomic E-state index is 13.4. The molecule has 0 aliphatic heterocycles. The predicted octanol–water partition coefficient (Wildman–Crippen LogP) is 3.56. The fourth-order valence-corrected chi connectivity index (χ4v) is 2.48. The van der Waals surface area contributed by atoms with Crippen LogP contribution >= 0.6 is 0 Å². The Hall–Kier alpha value is -2.96. The second kappa shape index (κ2) is 7.74. The quantitative estimate of drug-likeness (QED) is 0.656. The van der Waals surface area contributed by atoms with Gasteiger partial charge in [-0.1, -0.05) is 18.1 Å². The van der Waals surface area contributed by atoms with Crippen LogP contribution in [0.15, 0.2) is 51.6 Å². The second-order valence-electron chi connectivity index (χ2n) is 5.54. The normalized spacial score (nSPS) is 10.8. The summed E-state index contributed by atoms with van der Waals surface area (Å²) in [4.78, 5) is 18.5. The second-order valence-corrected chi connectivity index (χ2v) is 5.54. The predicted molar refractivity (Wildman–Crippen MR) is 88.3 cm³/mol. The minimum Gasteiger partial charge on any atom is -0.461 e. The molecule has 0 unspecified atom stereocenters. The van der Waals surface area contributed by atoms with Gasteiger partial charge >= 0.3 is 0 Å². The van der Waals surface area contributed by atoms with Gasteiger partial charge in [-0.05, 0) is 36.8 Å². The van der Waals surface area contributed by atoms with Gasteiger partial charge in [-0.15, -0.1) is 0 Å². The van der Waals surface area contributed by atoms with E-state index in [1.807, 2.05) is 6.92 Å². The van der Waals surface area contributed by atoms with Crippen molar-refractivity contribution in [3.8, 4) is 11.6 Å². The maximum atomic E-state index is 13.4. The molecule has 2 aromatic heterocycles. The number of furan rings is 1. The Bertz CT molecular complexity index is 830. The first-order valence-corrected chi connectivity index (χ1v) is 8.08. The lowest BCUT2D eigenvalue weighted by Crippen LogP contribution is -2.33. The molecule has 0 radical (unpaired) electrons. The molecular formula is C18H18FN3O3. The van der Waals surface area contributed by atoms with E-state index < -0.39 is 5.82 Å². The van der Waals surface area contributed by atoms with Crippen LogP contribution in [0, 0.1) is 5.82 Å². The molecule has 2 heterocycles. The van der Waals surface area contributed by atoms with Gasteiger partial charge in [0.05, 0.1) is 6.26 Å². The molecule has 0 saturated heterocycles. The Kier molecular flexibility index (Phi) is 5.23. The molecule has 0 bridgehead atoms. The first-order valence-electron chi connectivity index (χ1n) is 8.08. The van der Waals surface area contributed by atoms with Crippen LogP contribution in [-0.2, 0) is 6.42 Å². The van der Waals surface area contributed by atoms with E-state index >= 15 is 0 Å². The molecule has 0 spiro atoms. The molecule has 1 amide bonds. The molecular weight excluding hydrogens is 325 g/mol. The Labute approximate surface area is 144 Å². The number of aromatic nitrogens is 2. The molecule has 130 valence electrons. The van der Waals surface area contributed by atoms with E-state index in [0.29, 0.717) is 42.5 Å². The van der Waals surface area contributed by atoms with Crippen molar-refractivity contribution in [2.45, 2.75) is 19.8 Å². The van der Waals surface area contributed by atoms with E-state index in [9.17, 15) is 9.18 Å². The summed E-state index contributed by atoms with van der Waals surface area (Å²) in [6.07, 6.45) is 2.74. The highest BCUT2D eigenvalue weighted by Crippen LogP contribution is 2.16. The third kappa shape index (κ3) is 4.12. The number of carbonyl (C=O) groups is 1. The summed E-state index contributed by atoms with van der Waals surface area (Å²) in [7, 11) is 0. The number of hydrogen-bond donors (Lipinski definition) is 0. The molecule has 7 heteroatoms. The van der Waals surface area contributed by atoms with Crippen LogP contribution in [0.25, 0.3) is 11.6 Å². The van der Waals surface area contributed by atoms with Gasteiger partial charge < -0.3 is 13.8 Å². The van der Waals surface area contributed by atoms with Crippen molar-refractivity contribution >= 4 is 5.91 Å². The highest BCUT2D eigenvalue weighted by molar-refractivity contribution is 5.94. The van der Waals surface area contributed by atoms with Gasteiger partial charge in [-0.25, -0.2) is 4.39 Å². The minimum absolute atomic E-state index is 0.216. The number of rotatable bonds is 7. The SMILES string of the molecule is CCCN(CCc1nc(-c2ccco2)no1)C(=O)c1cccc(F)c1. The number of hydrogen-bond acceptors (Lipinski definition) is 5. The highest BCUT2D eigenvalue weighted by atomic mass is 19.1. The largest absolute Gasteiger partial charge is 0.461 e. The average Bonchev–Trinajstić information content (AvgIpc) is 3.29. The van der Waals surface area contributed by atoms with Crippen LogP contribution < -0.4 is 0 Å². The fraction of sp³-hybridized carbons (Fsp3) is 0.278. The van der Waals surface area contributed by atoms with Crippen molar-refractivity contribution in [1.29, 1.82) is 0 Å². The molecule has 3 rings (SSSR count). The lowest BCUT2D eigenvalue weighted by atomic mass is 10.2. The molecule has 25 heavy (non-hydrogen) atoms. The van der Waals surface area contributed by atoms with Gasteiger partial charge in [-0.3, -0.25) is 4.79 Å². The summed E-state index contributed by atoms with van der Waals surface area (Å²) in [5, 5.41) is 3.86. The van der Waals surface area contributed by atoms with Gasteiger partial charge in [0.1, 0.15) is 5.82 Å². The molecule has 3 aromatic rings. The third-order valence-corrected chi connectivity index (χ3v) is 3.66. The number of benzene rings is 1. The van der Waals surface area contributed by atoms with Crippen LogP contribution in [0.2, 0.25) is 0 Å². The van der Waals surface area contributed by atoms with Gasteiger partial charge in [0.2, 0.25) is 11.7 Å². The molecule has 0 atom stereocenters. The zero-order valence-electron chi connectivity index (χ0n) is 13.8. The summed E-state index contributed by atoms with van der Waals surface area (Å²) in [5.74, 6) is 0.670. The van der Waals surface area contributed by atoms with E-state index in [2.05, 4.69) is 10.1 Å². The Morgan fingerprint density at radius 3 is 2.84 bits per heavy atom. The Morgan fingerprint density at radius 2 is 2.12 bits per heavy atom. The lowest BCUT2D eigenvalue weighted by molar-refractivity contribution is 0.0753. The van der Waals surface area contributed by atoms with Gasteiger partial charge in [0.15, 0.2) is 5.76 Å². The highest BCUT2D eigenvalue weighted by Gasteiger charge is 2.17. The molecule has 0 fully saturated rings. The van der Waals surface area contributed by atoms with E-state index in [0.717, 1.165) is 6.42 Å². The topological polar surface area (TPSA) is 72.4 Å².